The molecule has 0 aliphatic carbocycles. The molecule has 0 bridgehead atoms. The highest BCUT2D eigenvalue weighted by molar-refractivity contribution is 5.77. The lowest BCUT2D eigenvalue weighted by atomic mass is 9.91. The van der Waals surface area contributed by atoms with Crippen molar-refractivity contribution in [1.29, 1.82) is 0 Å². The number of nitrogens with one attached hydrogen (secondary N) is 2. The van der Waals surface area contributed by atoms with Gasteiger partial charge in [-0.05, 0) is 36.8 Å². The number of H-pyrrole nitrogens is 1. The van der Waals surface area contributed by atoms with Gasteiger partial charge in [-0.2, -0.15) is 0 Å². The maximum atomic E-state index is 12.9. The summed E-state index contributed by atoms with van der Waals surface area (Å²) in [5.74, 6) is -0.833. The Morgan fingerprint density at radius 1 is 1.14 bits per heavy atom. The monoisotopic (exact) mass is 491 g/mol. The number of benzene rings is 2. The average Bonchev–Trinajstić information content (AvgIpc) is 2.87. The van der Waals surface area contributed by atoms with Crippen molar-refractivity contribution in [1.82, 2.24) is 14.9 Å². The number of aromatic amines is 1. The van der Waals surface area contributed by atoms with Gasteiger partial charge >= 0.3 is 11.1 Å². The largest absolute Gasteiger partial charge is 0.502 e. The molecule has 10 heteroatoms. The number of carbonyl (C=O) groups is 1. The summed E-state index contributed by atoms with van der Waals surface area (Å²) in [7, 11) is 1.53. The Morgan fingerprint density at radius 3 is 2.58 bits per heavy atom. The van der Waals surface area contributed by atoms with Crippen molar-refractivity contribution >= 4 is 16.9 Å². The van der Waals surface area contributed by atoms with Gasteiger partial charge < -0.3 is 29.1 Å². The maximum Gasteiger partial charge on any atom is 0.316 e. The lowest BCUT2D eigenvalue weighted by molar-refractivity contribution is -0.121. The molecule has 0 saturated carbocycles. The summed E-state index contributed by atoms with van der Waals surface area (Å²) in [5, 5.41) is 13.2. The minimum absolute atomic E-state index is 0.0166. The summed E-state index contributed by atoms with van der Waals surface area (Å²) in [6, 6.07) is 14.9. The number of aromatic nitrogens is 2. The van der Waals surface area contributed by atoms with Gasteiger partial charge in [0.2, 0.25) is 17.1 Å². The third-order valence-corrected chi connectivity index (χ3v) is 5.84. The van der Waals surface area contributed by atoms with E-state index in [1.165, 1.54) is 17.7 Å². The van der Waals surface area contributed by atoms with Crippen molar-refractivity contribution in [3.8, 4) is 11.5 Å². The Kier molecular flexibility index (Phi) is 7.05. The number of para-hydroxylation sites is 2. The summed E-state index contributed by atoms with van der Waals surface area (Å²) >= 11 is 0. The van der Waals surface area contributed by atoms with Crippen LogP contribution in [0, 0.1) is 6.92 Å². The van der Waals surface area contributed by atoms with Crippen molar-refractivity contribution in [3.63, 3.8) is 0 Å². The van der Waals surface area contributed by atoms with Gasteiger partial charge in [-0.15, -0.1) is 0 Å². The van der Waals surface area contributed by atoms with Crippen LogP contribution in [-0.4, -0.2) is 34.2 Å². The summed E-state index contributed by atoms with van der Waals surface area (Å²) in [5.41, 5.74) is -0.382. The molecule has 0 saturated heterocycles. The molecule has 36 heavy (non-hydrogen) atoms. The number of methoxy groups -OCH3 is 1. The first-order valence-corrected chi connectivity index (χ1v) is 11.2. The molecule has 0 fully saturated rings. The van der Waals surface area contributed by atoms with E-state index in [-0.39, 0.29) is 25.3 Å². The van der Waals surface area contributed by atoms with Crippen molar-refractivity contribution in [2.24, 2.45) is 0 Å². The van der Waals surface area contributed by atoms with Crippen molar-refractivity contribution in [2.75, 3.05) is 13.7 Å². The summed E-state index contributed by atoms with van der Waals surface area (Å²) in [6.07, 6.45) is -0.142. The first kappa shape index (κ1) is 24.5. The molecule has 4 aromatic rings. The Morgan fingerprint density at radius 2 is 1.86 bits per heavy atom. The van der Waals surface area contributed by atoms with Crippen molar-refractivity contribution in [3.05, 3.63) is 103 Å². The highest BCUT2D eigenvalue weighted by atomic mass is 16.5. The van der Waals surface area contributed by atoms with Crippen LogP contribution in [0.5, 0.6) is 11.5 Å². The SMILES string of the molecule is COc1ccc(C(CC(=O)NCCn2c(=O)c(=O)[nH]c3ccccc32)c2oc(C)cc(=O)c2O)cc1. The number of ether oxygens (including phenoxy) is 1. The van der Waals surface area contributed by atoms with Crippen LogP contribution < -0.4 is 26.6 Å². The number of carbonyl (C=O) groups excluding carboxylic acids is 1. The molecule has 2 heterocycles. The minimum Gasteiger partial charge on any atom is -0.502 e. The van der Waals surface area contributed by atoms with Crippen LogP contribution in [0.15, 0.2) is 73.4 Å². The van der Waals surface area contributed by atoms with Crippen LogP contribution in [0.4, 0.5) is 0 Å². The van der Waals surface area contributed by atoms with E-state index in [1.807, 2.05) is 0 Å². The second kappa shape index (κ2) is 10.3. The number of hydrogen-bond acceptors (Lipinski definition) is 7. The molecule has 0 radical (unpaired) electrons. The van der Waals surface area contributed by atoms with Crippen LogP contribution >= 0.6 is 0 Å². The number of aromatic hydroxyl groups is 1. The second-order valence-electron chi connectivity index (χ2n) is 8.24. The molecule has 1 amide bonds. The fraction of sp³-hybridized carbons (Fsp3) is 0.231. The topological polar surface area (TPSA) is 144 Å². The molecule has 1 unspecified atom stereocenters. The third kappa shape index (κ3) is 5.07. The minimum atomic E-state index is -0.758. The zero-order valence-corrected chi connectivity index (χ0v) is 19.7. The van der Waals surface area contributed by atoms with Gasteiger partial charge in [-0.3, -0.25) is 19.2 Å². The molecule has 0 spiro atoms. The molecular formula is C26H25N3O7. The number of fused-ring (bicyclic) bond motifs is 1. The zero-order chi connectivity index (χ0) is 25.8. The number of rotatable bonds is 8. The van der Waals surface area contributed by atoms with Crippen molar-refractivity contribution in [2.45, 2.75) is 25.8 Å². The van der Waals surface area contributed by atoms with E-state index in [0.29, 0.717) is 28.1 Å². The molecule has 0 aliphatic rings. The standard InChI is InChI=1S/C26H25N3O7/c1-15-13-21(30)23(32)24(36-15)18(16-7-9-17(35-2)10-8-16)14-22(31)27-11-12-29-20-6-4-3-5-19(20)28-25(33)26(29)34/h3-10,13,18,32H,11-12,14H2,1-2H3,(H,27,31)(H,28,33). The first-order chi connectivity index (χ1) is 17.3. The average molecular weight is 492 g/mol. The van der Waals surface area contributed by atoms with Gasteiger partial charge in [-0.1, -0.05) is 24.3 Å². The summed E-state index contributed by atoms with van der Waals surface area (Å²) < 4.78 is 12.2. The highest BCUT2D eigenvalue weighted by Crippen LogP contribution is 2.33. The second-order valence-corrected chi connectivity index (χ2v) is 8.24. The van der Waals surface area contributed by atoms with Crippen LogP contribution in [0.2, 0.25) is 0 Å². The smallest absolute Gasteiger partial charge is 0.316 e. The summed E-state index contributed by atoms with van der Waals surface area (Å²) in [6.45, 7) is 1.73. The van der Waals surface area contributed by atoms with Crippen molar-refractivity contribution < 1.29 is 19.1 Å². The predicted octanol–water partition coefficient (Wildman–Crippen LogP) is 2.00. The number of nitrogens with zero attached hydrogens (tertiary/aromatic N) is 1. The van der Waals surface area contributed by atoms with Gasteiger partial charge in [0.05, 0.1) is 24.1 Å². The van der Waals surface area contributed by atoms with Gasteiger partial charge in [-0.25, -0.2) is 0 Å². The first-order valence-electron chi connectivity index (χ1n) is 11.2. The van der Waals surface area contributed by atoms with E-state index < -0.39 is 34.1 Å². The molecule has 3 N–H and O–H groups in total. The van der Waals surface area contributed by atoms with Gasteiger partial charge in [0.25, 0.3) is 0 Å². The lowest BCUT2D eigenvalue weighted by Gasteiger charge is -2.18. The van der Waals surface area contributed by atoms with Gasteiger partial charge in [0.1, 0.15) is 11.5 Å². The van der Waals surface area contributed by atoms with Crippen LogP contribution in [0.3, 0.4) is 0 Å². The molecule has 2 aromatic heterocycles. The van der Waals surface area contributed by atoms with E-state index in [1.54, 1.807) is 55.5 Å². The molecule has 4 rings (SSSR count). The van der Waals surface area contributed by atoms with E-state index in [9.17, 15) is 24.3 Å². The Bertz CT molecular complexity index is 1580. The van der Waals surface area contributed by atoms with Gasteiger partial charge in [0.15, 0.2) is 5.76 Å². The molecular weight excluding hydrogens is 466 g/mol. The molecule has 2 aromatic carbocycles. The Labute approximate surface area is 204 Å². The van der Waals surface area contributed by atoms with E-state index in [4.69, 9.17) is 9.15 Å². The van der Waals surface area contributed by atoms with E-state index in [2.05, 4.69) is 10.3 Å². The van der Waals surface area contributed by atoms with E-state index in [0.717, 1.165) is 0 Å². The predicted molar refractivity (Wildman–Crippen MR) is 133 cm³/mol. The number of hydrogen-bond donors (Lipinski definition) is 3. The van der Waals surface area contributed by atoms with Crippen LogP contribution in [0.1, 0.15) is 29.4 Å². The fourth-order valence-corrected chi connectivity index (χ4v) is 4.07. The number of amides is 1. The van der Waals surface area contributed by atoms with Gasteiger partial charge in [0, 0.05) is 25.6 Å². The van der Waals surface area contributed by atoms with E-state index >= 15 is 0 Å². The molecule has 10 nitrogen and oxygen atoms in total. The Hall–Kier alpha value is -4.60. The maximum absolute atomic E-state index is 12.9. The highest BCUT2D eigenvalue weighted by Gasteiger charge is 2.26. The van der Waals surface area contributed by atoms with Crippen LogP contribution in [-0.2, 0) is 11.3 Å². The molecule has 1 atom stereocenters. The molecule has 0 aliphatic heterocycles. The van der Waals surface area contributed by atoms with Crippen LogP contribution in [0.25, 0.3) is 11.0 Å². The third-order valence-electron chi connectivity index (χ3n) is 5.84. The quantitative estimate of drug-likeness (QED) is 0.320. The number of aryl methyl sites for hydroxylation is 1. The molecule has 186 valence electrons. The lowest BCUT2D eigenvalue weighted by Crippen LogP contribution is -2.39. The summed E-state index contributed by atoms with van der Waals surface area (Å²) in [4.78, 5) is 52.0. The Balaban J connectivity index is 1.57. The fourth-order valence-electron chi connectivity index (χ4n) is 4.07. The zero-order valence-electron chi connectivity index (χ0n) is 19.7. The normalized spacial score (nSPS) is 11.8.